The fourth-order valence-electron chi connectivity index (χ4n) is 5.69. The number of benzene rings is 6. The highest BCUT2D eigenvalue weighted by molar-refractivity contribution is 6.04. The lowest BCUT2D eigenvalue weighted by atomic mass is 9.94. The average molecular weight is 501 g/mol. The van der Waals surface area contributed by atoms with Crippen molar-refractivity contribution >= 4 is 33.1 Å². The predicted molar refractivity (Wildman–Crippen MR) is 165 cm³/mol. The number of hydrogen-bond acceptors (Lipinski definition) is 2. The fraction of sp³-hybridized carbons (Fsp3) is 0.0541. The van der Waals surface area contributed by atoms with Crippen LogP contribution < -0.4 is 5.32 Å². The van der Waals surface area contributed by atoms with Crippen LogP contribution >= 0.6 is 0 Å². The Morgan fingerprint density at radius 2 is 1.18 bits per heavy atom. The normalized spacial score (nSPS) is 15.1. The van der Waals surface area contributed by atoms with Gasteiger partial charge in [-0.25, -0.2) is 4.99 Å². The van der Waals surface area contributed by atoms with Crippen molar-refractivity contribution in [3.05, 3.63) is 162 Å². The third-order valence-electron chi connectivity index (χ3n) is 7.74. The largest absolute Gasteiger partial charge is 0.359 e. The van der Waals surface area contributed by atoms with Crippen LogP contribution in [0.3, 0.4) is 0 Å². The van der Waals surface area contributed by atoms with E-state index in [1.807, 2.05) is 6.07 Å². The first-order valence-corrected chi connectivity index (χ1v) is 13.4. The molecular weight excluding hydrogens is 472 g/mol. The van der Waals surface area contributed by atoms with Crippen molar-refractivity contribution in [2.45, 2.75) is 13.0 Å². The molecule has 1 heterocycles. The number of nitrogens with zero attached hydrogens (tertiary/aromatic N) is 1. The van der Waals surface area contributed by atoms with Gasteiger partial charge in [-0.2, -0.15) is 0 Å². The zero-order chi connectivity index (χ0) is 26.2. The minimum Gasteiger partial charge on any atom is -0.359 e. The molecule has 0 bridgehead atoms. The molecule has 1 atom stereocenters. The molecule has 0 aromatic heterocycles. The van der Waals surface area contributed by atoms with E-state index in [-0.39, 0.29) is 6.04 Å². The molecule has 1 unspecified atom stereocenters. The van der Waals surface area contributed by atoms with E-state index in [9.17, 15) is 0 Å². The van der Waals surface area contributed by atoms with Gasteiger partial charge >= 0.3 is 0 Å². The molecule has 2 heteroatoms. The summed E-state index contributed by atoms with van der Waals surface area (Å²) in [7, 11) is 0. The maximum absolute atomic E-state index is 5.11. The van der Waals surface area contributed by atoms with Gasteiger partial charge in [0, 0.05) is 5.56 Å². The average Bonchev–Trinajstić information content (AvgIpc) is 3.01. The summed E-state index contributed by atoms with van der Waals surface area (Å²) < 4.78 is 0. The standard InChI is InChI=1S/C37H28N2/c1-25-31-15-7-5-11-27(31)22-23-32(25)28-18-20-30(21-19-28)37-38-35(29-12-3-2-4-13-29)24-36(39-37)34-17-9-14-26-10-6-8-16-33(26)34/h2-24,36H,1H3,(H,38,39). The second kappa shape index (κ2) is 9.74. The third kappa shape index (κ3) is 4.30. The van der Waals surface area contributed by atoms with E-state index in [1.54, 1.807) is 0 Å². The number of aliphatic imine (C=N–C) groups is 1. The van der Waals surface area contributed by atoms with E-state index < -0.39 is 0 Å². The van der Waals surface area contributed by atoms with Gasteiger partial charge in [-0.15, -0.1) is 0 Å². The molecule has 0 fully saturated rings. The lowest BCUT2D eigenvalue weighted by molar-refractivity contribution is 0.787. The van der Waals surface area contributed by atoms with Gasteiger partial charge in [0.1, 0.15) is 5.84 Å². The molecule has 0 saturated carbocycles. The molecule has 0 saturated heterocycles. The maximum Gasteiger partial charge on any atom is 0.134 e. The van der Waals surface area contributed by atoms with Gasteiger partial charge in [0.2, 0.25) is 0 Å². The van der Waals surface area contributed by atoms with Gasteiger partial charge in [-0.3, -0.25) is 0 Å². The van der Waals surface area contributed by atoms with Crippen molar-refractivity contribution in [1.82, 2.24) is 5.32 Å². The van der Waals surface area contributed by atoms with Crippen molar-refractivity contribution in [2.75, 3.05) is 0 Å². The minimum atomic E-state index is 0.00112. The van der Waals surface area contributed by atoms with Crippen molar-refractivity contribution in [3.63, 3.8) is 0 Å². The van der Waals surface area contributed by atoms with Crippen LogP contribution in [-0.4, -0.2) is 5.84 Å². The van der Waals surface area contributed by atoms with E-state index in [0.717, 1.165) is 22.7 Å². The van der Waals surface area contributed by atoms with Crippen LogP contribution in [0.2, 0.25) is 0 Å². The molecule has 1 aliphatic heterocycles. The Kier molecular flexibility index (Phi) is 5.79. The Morgan fingerprint density at radius 3 is 1.97 bits per heavy atom. The van der Waals surface area contributed by atoms with Crippen LogP contribution in [0.1, 0.15) is 28.3 Å². The Morgan fingerprint density at radius 1 is 0.538 bits per heavy atom. The van der Waals surface area contributed by atoms with E-state index in [1.165, 1.54) is 43.8 Å². The van der Waals surface area contributed by atoms with E-state index in [2.05, 4.69) is 146 Å². The molecule has 7 rings (SSSR count). The first kappa shape index (κ1) is 23.2. The number of rotatable bonds is 4. The van der Waals surface area contributed by atoms with Crippen molar-refractivity contribution in [2.24, 2.45) is 4.99 Å². The molecule has 6 aromatic rings. The number of aryl methyl sites for hydroxylation is 1. The lowest BCUT2D eigenvalue weighted by Gasteiger charge is -2.25. The predicted octanol–water partition coefficient (Wildman–Crippen LogP) is 9.10. The number of fused-ring (bicyclic) bond motifs is 2. The summed E-state index contributed by atoms with van der Waals surface area (Å²) in [5.74, 6) is 0.885. The van der Waals surface area contributed by atoms with Gasteiger partial charge in [-0.05, 0) is 62.4 Å². The zero-order valence-corrected chi connectivity index (χ0v) is 21.8. The second-order valence-corrected chi connectivity index (χ2v) is 10.1. The van der Waals surface area contributed by atoms with Gasteiger partial charge in [0.15, 0.2) is 0 Å². The van der Waals surface area contributed by atoms with Crippen LogP contribution in [0.25, 0.3) is 38.4 Å². The smallest absolute Gasteiger partial charge is 0.134 e. The van der Waals surface area contributed by atoms with Crippen LogP contribution in [0.5, 0.6) is 0 Å². The highest BCUT2D eigenvalue weighted by Crippen LogP contribution is 2.33. The van der Waals surface area contributed by atoms with Crippen molar-refractivity contribution < 1.29 is 0 Å². The van der Waals surface area contributed by atoms with Crippen molar-refractivity contribution in [3.8, 4) is 11.1 Å². The summed E-state index contributed by atoms with van der Waals surface area (Å²) in [4.78, 5) is 5.11. The molecule has 39 heavy (non-hydrogen) atoms. The molecule has 6 aromatic carbocycles. The lowest BCUT2D eigenvalue weighted by Crippen LogP contribution is -2.31. The molecule has 2 nitrogen and oxygen atoms in total. The molecular formula is C37H28N2. The van der Waals surface area contributed by atoms with Crippen LogP contribution in [0.15, 0.2) is 145 Å². The highest BCUT2D eigenvalue weighted by Gasteiger charge is 2.21. The fourth-order valence-corrected chi connectivity index (χ4v) is 5.69. The first-order chi connectivity index (χ1) is 19.2. The van der Waals surface area contributed by atoms with E-state index in [0.29, 0.717) is 0 Å². The third-order valence-corrected chi connectivity index (χ3v) is 7.74. The molecule has 1 N–H and O–H groups in total. The van der Waals surface area contributed by atoms with E-state index >= 15 is 0 Å². The minimum absolute atomic E-state index is 0.00112. The summed E-state index contributed by atoms with van der Waals surface area (Å²) in [5, 5.41) is 8.81. The molecule has 0 aliphatic carbocycles. The SMILES string of the molecule is Cc1c(-c2ccc(C3=NC(c4ccccc4)=CC(c4cccc5ccccc45)N3)cc2)ccc2ccccc12. The number of hydrogen-bond donors (Lipinski definition) is 1. The van der Waals surface area contributed by atoms with Crippen LogP contribution in [0, 0.1) is 6.92 Å². The first-order valence-electron chi connectivity index (χ1n) is 13.4. The van der Waals surface area contributed by atoms with Gasteiger partial charge in [-0.1, -0.05) is 133 Å². The van der Waals surface area contributed by atoms with E-state index in [4.69, 9.17) is 4.99 Å². The summed E-state index contributed by atoms with van der Waals surface area (Å²) >= 11 is 0. The van der Waals surface area contributed by atoms with Gasteiger partial charge in [0.25, 0.3) is 0 Å². The maximum atomic E-state index is 5.11. The molecule has 0 radical (unpaired) electrons. The summed E-state index contributed by atoms with van der Waals surface area (Å²) in [6, 6.07) is 47.4. The van der Waals surface area contributed by atoms with Gasteiger partial charge in [0.05, 0.1) is 11.7 Å². The number of amidine groups is 1. The Hall–Kier alpha value is -4.95. The van der Waals surface area contributed by atoms with Crippen LogP contribution in [-0.2, 0) is 0 Å². The molecule has 0 spiro atoms. The quantitative estimate of drug-likeness (QED) is 0.256. The zero-order valence-electron chi connectivity index (χ0n) is 21.8. The summed E-state index contributed by atoms with van der Waals surface area (Å²) in [6.07, 6.45) is 2.24. The number of nitrogens with one attached hydrogen (secondary N) is 1. The van der Waals surface area contributed by atoms with Gasteiger partial charge < -0.3 is 5.32 Å². The topological polar surface area (TPSA) is 24.4 Å². The molecule has 0 amide bonds. The summed E-state index contributed by atoms with van der Waals surface area (Å²) in [5.41, 5.74) is 8.20. The Bertz CT molecular complexity index is 1870. The molecule has 1 aliphatic rings. The summed E-state index contributed by atoms with van der Waals surface area (Å²) in [6.45, 7) is 2.21. The highest BCUT2D eigenvalue weighted by atomic mass is 15.0. The second-order valence-electron chi connectivity index (χ2n) is 10.1. The Labute approximate surface area is 229 Å². The Balaban J connectivity index is 1.29. The van der Waals surface area contributed by atoms with Crippen LogP contribution in [0.4, 0.5) is 0 Å². The molecule has 186 valence electrons. The van der Waals surface area contributed by atoms with Crippen molar-refractivity contribution in [1.29, 1.82) is 0 Å². The monoisotopic (exact) mass is 500 g/mol.